The Morgan fingerprint density at radius 1 is 1.18 bits per heavy atom. The Labute approximate surface area is 76.1 Å². The Morgan fingerprint density at radius 2 is 1.73 bits per heavy atom. The van der Waals surface area contributed by atoms with Gasteiger partial charge in [-0.1, -0.05) is 29.1 Å². The third kappa shape index (κ3) is 2.46. The first-order valence-electron chi connectivity index (χ1n) is 2.98. The van der Waals surface area contributed by atoms with Crippen LogP contribution in [0.15, 0.2) is 18.2 Å². The Morgan fingerprint density at radius 3 is 2.18 bits per heavy atom. The van der Waals surface area contributed by atoms with E-state index in [1.165, 1.54) is 0 Å². The van der Waals surface area contributed by atoms with E-state index in [2.05, 4.69) is 5.92 Å². The van der Waals surface area contributed by atoms with E-state index in [1.54, 1.807) is 24.6 Å². The van der Waals surface area contributed by atoms with Crippen molar-refractivity contribution in [2.75, 3.05) is 0 Å². The van der Waals surface area contributed by atoms with Crippen molar-refractivity contribution in [2.24, 2.45) is 0 Å². The molecule has 0 N–H and O–H groups in total. The van der Waals surface area contributed by atoms with Crippen LogP contribution >= 0.6 is 23.2 Å². The minimum atomic E-state index is 0.596. The molecule has 1 rings (SSSR count). The first-order chi connectivity index (χ1) is 5.22. The van der Waals surface area contributed by atoms with E-state index in [0.717, 1.165) is 5.56 Å². The van der Waals surface area contributed by atoms with Gasteiger partial charge in [-0.2, -0.15) is 0 Å². The molecule has 2 heteroatoms. The zero-order chi connectivity index (χ0) is 8.27. The summed E-state index contributed by atoms with van der Waals surface area (Å²) in [5, 5.41) is 1.19. The summed E-state index contributed by atoms with van der Waals surface area (Å²) in [5.41, 5.74) is 0.852. The predicted molar refractivity (Wildman–Crippen MR) is 48.7 cm³/mol. The Hall–Kier alpha value is -0.640. The Balaban J connectivity index is 3.01. The van der Waals surface area contributed by atoms with Gasteiger partial charge in [0.15, 0.2) is 0 Å². The fourth-order valence-corrected chi connectivity index (χ4v) is 1.30. The van der Waals surface area contributed by atoms with Crippen molar-refractivity contribution < 1.29 is 0 Å². The van der Waals surface area contributed by atoms with Crippen molar-refractivity contribution >= 4 is 23.2 Å². The first kappa shape index (κ1) is 8.46. The lowest BCUT2D eigenvalue weighted by molar-refractivity contribution is 1.55. The van der Waals surface area contributed by atoms with Gasteiger partial charge in [0.05, 0.1) is 6.42 Å². The van der Waals surface area contributed by atoms with Crippen LogP contribution in [-0.2, 0) is 0 Å². The van der Waals surface area contributed by atoms with Gasteiger partial charge in [-0.05, 0) is 23.8 Å². The molecule has 0 fully saturated rings. The summed E-state index contributed by atoms with van der Waals surface area (Å²) in [4.78, 5) is 0. The van der Waals surface area contributed by atoms with Crippen molar-refractivity contribution in [1.82, 2.24) is 0 Å². The topological polar surface area (TPSA) is 0 Å². The van der Waals surface area contributed by atoms with Crippen LogP contribution in [-0.4, -0.2) is 0 Å². The molecule has 1 radical (unpaired) electrons. The minimum Gasteiger partial charge on any atom is -0.119 e. The van der Waals surface area contributed by atoms with E-state index < -0.39 is 0 Å². The summed E-state index contributed by atoms with van der Waals surface area (Å²) >= 11 is 11.4. The van der Waals surface area contributed by atoms with E-state index in [9.17, 15) is 0 Å². The second-order valence-corrected chi connectivity index (χ2v) is 2.89. The molecule has 0 spiro atoms. The van der Waals surface area contributed by atoms with Gasteiger partial charge in [0.1, 0.15) is 0 Å². The zero-order valence-electron chi connectivity index (χ0n) is 5.64. The molecule has 0 atom stereocenters. The third-order valence-corrected chi connectivity index (χ3v) is 1.57. The van der Waals surface area contributed by atoms with Gasteiger partial charge in [-0.3, -0.25) is 0 Å². The molecule has 0 aliphatic rings. The fraction of sp³-hybridized carbons (Fsp3) is 0. The number of hydrogen-bond donors (Lipinski definition) is 0. The summed E-state index contributed by atoms with van der Waals surface area (Å²) in [7, 11) is 0. The van der Waals surface area contributed by atoms with Crippen LogP contribution in [0.2, 0.25) is 10.0 Å². The number of benzene rings is 1. The van der Waals surface area contributed by atoms with E-state index >= 15 is 0 Å². The molecule has 0 aromatic heterocycles. The molecule has 1 aromatic rings. The van der Waals surface area contributed by atoms with Crippen molar-refractivity contribution in [2.45, 2.75) is 0 Å². The third-order valence-electron chi connectivity index (χ3n) is 1.13. The number of halogens is 2. The van der Waals surface area contributed by atoms with Crippen LogP contribution in [0.1, 0.15) is 5.56 Å². The molecule has 0 aliphatic heterocycles. The van der Waals surface area contributed by atoms with Crippen LogP contribution in [0.5, 0.6) is 0 Å². The summed E-state index contributed by atoms with van der Waals surface area (Å²) in [6.07, 6.45) is 6.68. The maximum Gasteiger partial charge on any atom is 0.0629 e. The fourth-order valence-electron chi connectivity index (χ4n) is 0.755. The number of hydrogen-bond acceptors (Lipinski definition) is 0. The van der Waals surface area contributed by atoms with Crippen molar-refractivity contribution in [3.63, 3.8) is 0 Å². The maximum atomic E-state index is 5.71. The van der Waals surface area contributed by atoms with Crippen LogP contribution in [0.3, 0.4) is 0 Å². The van der Waals surface area contributed by atoms with Crippen molar-refractivity contribution in [3.05, 3.63) is 40.2 Å². The van der Waals surface area contributed by atoms with Crippen LogP contribution < -0.4 is 0 Å². The molecule has 0 aliphatic carbocycles. The van der Waals surface area contributed by atoms with Gasteiger partial charge in [0, 0.05) is 10.0 Å². The molecule has 0 bridgehead atoms. The summed E-state index contributed by atoms with van der Waals surface area (Å²) in [5.74, 6) is 2.40. The maximum absolute atomic E-state index is 5.71. The standard InChI is InChI=1S/C9H5Cl2/c1-2-3-7-4-8(10)6-9(11)5-7/h1,3-6H. The van der Waals surface area contributed by atoms with Gasteiger partial charge in [0.2, 0.25) is 0 Å². The molecule has 0 amide bonds. The van der Waals surface area contributed by atoms with E-state index in [-0.39, 0.29) is 0 Å². The highest BCUT2D eigenvalue weighted by atomic mass is 35.5. The minimum absolute atomic E-state index is 0.596. The second-order valence-electron chi connectivity index (χ2n) is 2.01. The van der Waals surface area contributed by atoms with E-state index in [1.807, 2.05) is 0 Å². The van der Waals surface area contributed by atoms with Crippen LogP contribution in [0.25, 0.3) is 0 Å². The molecule has 55 valence electrons. The van der Waals surface area contributed by atoms with Gasteiger partial charge < -0.3 is 0 Å². The monoisotopic (exact) mass is 183 g/mol. The Kier molecular flexibility index (Phi) is 2.82. The highest BCUT2D eigenvalue weighted by Gasteiger charge is 1.95. The van der Waals surface area contributed by atoms with Crippen molar-refractivity contribution in [1.29, 1.82) is 0 Å². The average molecular weight is 184 g/mol. The molecule has 11 heavy (non-hydrogen) atoms. The van der Waals surface area contributed by atoms with Crippen LogP contribution in [0, 0.1) is 18.8 Å². The lowest BCUT2D eigenvalue weighted by atomic mass is 10.2. The number of terminal acetylenes is 1. The first-order valence-corrected chi connectivity index (χ1v) is 3.73. The largest absolute Gasteiger partial charge is 0.119 e. The second kappa shape index (κ2) is 3.67. The van der Waals surface area contributed by atoms with Crippen molar-refractivity contribution in [3.8, 4) is 12.3 Å². The van der Waals surface area contributed by atoms with E-state index in [0.29, 0.717) is 10.0 Å². The molecule has 0 unspecified atom stereocenters. The zero-order valence-corrected chi connectivity index (χ0v) is 7.15. The van der Waals surface area contributed by atoms with Crippen LogP contribution in [0.4, 0.5) is 0 Å². The quantitative estimate of drug-likeness (QED) is 0.588. The highest BCUT2D eigenvalue weighted by Crippen LogP contribution is 2.19. The van der Waals surface area contributed by atoms with Gasteiger partial charge in [-0.15, -0.1) is 6.42 Å². The number of rotatable bonds is 1. The molecule has 0 nitrogen and oxygen atoms in total. The molecular weight excluding hydrogens is 179 g/mol. The smallest absolute Gasteiger partial charge is 0.0629 e. The lowest BCUT2D eigenvalue weighted by Gasteiger charge is -1.96. The predicted octanol–water partition coefficient (Wildman–Crippen LogP) is 3.18. The summed E-state index contributed by atoms with van der Waals surface area (Å²) < 4.78 is 0. The average Bonchev–Trinajstić information content (AvgIpc) is 1.85. The molecule has 0 heterocycles. The van der Waals surface area contributed by atoms with E-state index in [4.69, 9.17) is 29.6 Å². The Bertz CT molecular complexity index is 277. The normalized spacial score (nSPS) is 9.18. The molecule has 0 saturated carbocycles. The van der Waals surface area contributed by atoms with Gasteiger partial charge >= 0.3 is 0 Å². The summed E-state index contributed by atoms with van der Waals surface area (Å²) in [6.45, 7) is 0. The highest BCUT2D eigenvalue weighted by molar-refractivity contribution is 6.34. The SMILES string of the molecule is C#C[CH]c1cc(Cl)cc(Cl)c1. The lowest BCUT2D eigenvalue weighted by Crippen LogP contribution is -1.77. The summed E-state index contributed by atoms with van der Waals surface area (Å²) in [6, 6.07) is 5.18. The van der Waals surface area contributed by atoms with Gasteiger partial charge in [0.25, 0.3) is 0 Å². The molecule has 1 aromatic carbocycles. The van der Waals surface area contributed by atoms with Gasteiger partial charge in [-0.25, -0.2) is 0 Å². The molecule has 0 saturated heterocycles. The molecular formula is C9H5Cl2.